The average Bonchev–Trinajstić information content (AvgIpc) is 2.75. The van der Waals surface area contributed by atoms with Crippen molar-refractivity contribution < 1.29 is 27.4 Å². The van der Waals surface area contributed by atoms with Crippen LogP contribution in [0.2, 0.25) is 0 Å². The van der Waals surface area contributed by atoms with Crippen LogP contribution in [0.5, 0.6) is 11.5 Å². The molecular formula is C10H12N2O6S. The SMILES string of the molecule is COC(=O)CS(=O)(=O)Nc1cc2c(cc1N)OCO2. The summed E-state index contributed by atoms with van der Waals surface area (Å²) >= 11 is 0. The summed E-state index contributed by atoms with van der Waals surface area (Å²) in [7, 11) is -2.78. The second-order valence-electron chi connectivity index (χ2n) is 3.73. The van der Waals surface area contributed by atoms with Gasteiger partial charge in [-0.25, -0.2) is 8.42 Å². The molecule has 0 bridgehead atoms. The van der Waals surface area contributed by atoms with E-state index >= 15 is 0 Å². The topological polar surface area (TPSA) is 117 Å². The normalized spacial score (nSPS) is 13.1. The molecule has 1 aromatic rings. The number of benzene rings is 1. The van der Waals surface area contributed by atoms with Gasteiger partial charge in [0, 0.05) is 12.1 Å². The summed E-state index contributed by atoms with van der Waals surface area (Å²) in [5, 5.41) is 0. The van der Waals surface area contributed by atoms with Gasteiger partial charge in [0.1, 0.15) is 0 Å². The van der Waals surface area contributed by atoms with Crippen LogP contribution in [0.15, 0.2) is 12.1 Å². The van der Waals surface area contributed by atoms with Crippen molar-refractivity contribution in [3.05, 3.63) is 12.1 Å². The molecule has 9 heteroatoms. The summed E-state index contributed by atoms with van der Waals surface area (Å²) in [6.07, 6.45) is 0. The van der Waals surface area contributed by atoms with Crippen LogP contribution >= 0.6 is 0 Å². The summed E-state index contributed by atoms with van der Waals surface area (Å²) in [5.41, 5.74) is 5.97. The van der Waals surface area contributed by atoms with Crippen molar-refractivity contribution in [2.75, 3.05) is 30.1 Å². The second-order valence-corrected chi connectivity index (χ2v) is 5.45. The van der Waals surface area contributed by atoms with E-state index in [1.807, 2.05) is 0 Å². The molecule has 1 aliphatic rings. The van der Waals surface area contributed by atoms with E-state index in [9.17, 15) is 13.2 Å². The van der Waals surface area contributed by atoms with E-state index in [0.717, 1.165) is 7.11 Å². The first kappa shape index (κ1) is 13.3. The molecule has 1 aliphatic heterocycles. The number of fused-ring (bicyclic) bond motifs is 1. The molecular weight excluding hydrogens is 276 g/mol. The summed E-state index contributed by atoms with van der Waals surface area (Å²) in [4.78, 5) is 11.0. The lowest BCUT2D eigenvalue weighted by Gasteiger charge is -2.10. The van der Waals surface area contributed by atoms with Gasteiger partial charge >= 0.3 is 5.97 Å². The number of carbonyl (C=O) groups excluding carboxylic acids is 1. The number of rotatable bonds is 4. The Morgan fingerprint density at radius 1 is 1.42 bits per heavy atom. The number of nitrogens with one attached hydrogen (secondary N) is 1. The molecule has 1 heterocycles. The Morgan fingerprint density at radius 2 is 2.05 bits per heavy atom. The fourth-order valence-corrected chi connectivity index (χ4v) is 2.48. The van der Waals surface area contributed by atoms with Crippen LogP contribution in [0.4, 0.5) is 11.4 Å². The maximum atomic E-state index is 11.7. The van der Waals surface area contributed by atoms with Gasteiger partial charge in [0.05, 0.1) is 18.5 Å². The highest BCUT2D eigenvalue weighted by Gasteiger charge is 2.21. The minimum Gasteiger partial charge on any atom is -0.468 e. The number of ether oxygens (including phenoxy) is 3. The Hall–Kier alpha value is -2.16. The minimum atomic E-state index is -3.89. The monoisotopic (exact) mass is 288 g/mol. The summed E-state index contributed by atoms with van der Waals surface area (Å²) in [6, 6.07) is 2.84. The number of nitrogens with two attached hydrogens (primary N) is 1. The number of sulfonamides is 1. The zero-order valence-electron chi connectivity index (χ0n) is 10.0. The Bertz CT molecular complexity index is 613. The molecule has 0 atom stereocenters. The van der Waals surface area contributed by atoms with E-state index in [1.54, 1.807) is 0 Å². The van der Waals surface area contributed by atoms with Crippen molar-refractivity contribution in [2.24, 2.45) is 0 Å². The summed E-state index contributed by atoms with van der Waals surface area (Å²) < 4.78 is 40.0. The lowest BCUT2D eigenvalue weighted by molar-refractivity contribution is -0.137. The van der Waals surface area contributed by atoms with Crippen molar-refractivity contribution in [1.82, 2.24) is 0 Å². The number of hydrogen-bond acceptors (Lipinski definition) is 7. The van der Waals surface area contributed by atoms with Gasteiger partial charge in [-0.15, -0.1) is 0 Å². The van der Waals surface area contributed by atoms with E-state index in [2.05, 4.69) is 9.46 Å². The maximum absolute atomic E-state index is 11.7. The molecule has 0 aromatic heterocycles. The van der Waals surface area contributed by atoms with Crippen LogP contribution in [0.25, 0.3) is 0 Å². The highest BCUT2D eigenvalue weighted by Crippen LogP contribution is 2.38. The van der Waals surface area contributed by atoms with E-state index in [0.29, 0.717) is 11.5 Å². The van der Waals surface area contributed by atoms with Crippen molar-refractivity contribution >= 4 is 27.4 Å². The van der Waals surface area contributed by atoms with Crippen LogP contribution in [0.3, 0.4) is 0 Å². The van der Waals surface area contributed by atoms with Gasteiger partial charge in [-0.05, 0) is 0 Å². The molecule has 2 rings (SSSR count). The lowest BCUT2D eigenvalue weighted by atomic mass is 10.2. The van der Waals surface area contributed by atoms with Gasteiger partial charge in [0.25, 0.3) is 0 Å². The van der Waals surface area contributed by atoms with Crippen LogP contribution in [-0.4, -0.2) is 34.0 Å². The van der Waals surface area contributed by atoms with Gasteiger partial charge in [-0.2, -0.15) is 0 Å². The molecule has 8 nitrogen and oxygen atoms in total. The van der Waals surface area contributed by atoms with Crippen LogP contribution in [0, 0.1) is 0 Å². The number of carbonyl (C=O) groups is 1. The summed E-state index contributed by atoms with van der Waals surface area (Å²) in [6.45, 7) is 0.0487. The molecule has 0 amide bonds. The third-order valence-corrected chi connectivity index (χ3v) is 3.49. The molecule has 0 spiro atoms. The van der Waals surface area contributed by atoms with Gasteiger partial charge in [-0.3, -0.25) is 9.52 Å². The molecule has 3 N–H and O–H groups in total. The molecule has 0 radical (unpaired) electrons. The number of esters is 1. The highest BCUT2D eigenvalue weighted by atomic mass is 32.2. The quantitative estimate of drug-likeness (QED) is 0.587. The number of methoxy groups -OCH3 is 1. The fourth-order valence-electron chi connectivity index (χ4n) is 1.46. The smallest absolute Gasteiger partial charge is 0.322 e. The van der Waals surface area contributed by atoms with Crippen LogP contribution in [-0.2, 0) is 19.6 Å². The number of anilines is 2. The minimum absolute atomic E-state index is 0.0487. The first-order chi connectivity index (χ1) is 8.91. The highest BCUT2D eigenvalue weighted by molar-refractivity contribution is 7.93. The average molecular weight is 288 g/mol. The third kappa shape index (κ3) is 2.99. The first-order valence-electron chi connectivity index (χ1n) is 5.18. The van der Waals surface area contributed by atoms with Crippen molar-refractivity contribution in [3.8, 4) is 11.5 Å². The standard InChI is InChI=1S/C10H12N2O6S/c1-16-10(13)4-19(14,15)12-7-3-9-8(2-6(7)11)17-5-18-9/h2-3,12H,4-5,11H2,1H3. The van der Waals surface area contributed by atoms with E-state index in [4.69, 9.17) is 15.2 Å². The van der Waals surface area contributed by atoms with Crippen molar-refractivity contribution in [1.29, 1.82) is 0 Å². The van der Waals surface area contributed by atoms with Gasteiger partial charge in [0.2, 0.25) is 16.8 Å². The lowest BCUT2D eigenvalue weighted by Crippen LogP contribution is -2.24. The Morgan fingerprint density at radius 3 is 2.68 bits per heavy atom. The van der Waals surface area contributed by atoms with Gasteiger partial charge in [-0.1, -0.05) is 0 Å². The Balaban J connectivity index is 2.22. The largest absolute Gasteiger partial charge is 0.468 e. The van der Waals surface area contributed by atoms with Crippen molar-refractivity contribution in [3.63, 3.8) is 0 Å². The van der Waals surface area contributed by atoms with E-state index < -0.39 is 21.7 Å². The zero-order valence-corrected chi connectivity index (χ0v) is 10.8. The Kier molecular flexibility index (Phi) is 3.38. The zero-order chi connectivity index (χ0) is 14.0. The van der Waals surface area contributed by atoms with E-state index in [-0.39, 0.29) is 18.2 Å². The summed E-state index contributed by atoms with van der Waals surface area (Å²) in [5.74, 6) is -0.845. The number of nitrogen functional groups attached to an aromatic ring is 1. The fraction of sp³-hybridized carbons (Fsp3) is 0.300. The molecule has 0 fully saturated rings. The molecule has 1 aromatic carbocycles. The number of hydrogen-bond donors (Lipinski definition) is 2. The Labute approximate surface area is 109 Å². The third-order valence-electron chi connectivity index (χ3n) is 2.35. The van der Waals surface area contributed by atoms with Crippen LogP contribution in [0.1, 0.15) is 0 Å². The first-order valence-corrected chi connectivity index (χ1v) is 6.83. The molecule has 0 aliphatic carbocycles. The van der Waals surface area contributed by atoms with Gasteiger partial charge < -0.3 is 19.9 Å². The van der Waals surface area contributed by atoms with E-state index in [1.165, 1.54) is 12.1 Å². The predicted molar refractivity (Wildman–Crippen MR) is 66.4 cm³/mol. The second kappa shape index (κ2) is 4.84. The molecule has 0 saturated heterocycles. The van der Waals surface area contributed by atoms with Gasteiger partial charge in [0.15, 0.2) is 17.3 Å². The molecule has 0 saturated carbocycles. The predicted octanol–water partition coefficient (Wildman–Crippen LogP) is -0.0878. The van der Waals surface area contributed by atoms with Crippen molar-refractivity contribution in [2.45, 2.75) is 0 Å². The molecule has 0 unspecified atom stereocenters. The maximum Gasteiger partial charge on any atom is 0.322 e. The molecule has 19 heavy (non-hydrogen) atoms. The van der Waals surface area contributed by atoms with Crippen LogP contribution < -0.4 is 19.9 Å². The molecule has 104 valence electrons.